The Kier molecular flexibility index (Phi) is 3.28. The highest BCUT2D eigenvalue weighted by atomic mass is 15.3. The van der Waals surface area contributed by atoms with E-state index in [9.17, 15) is 0 Å². The Morgan fingerprint density at radius 3 is 2.82 bits per heavy atom. The van der Waals surface area contributed by atoms with E-state index in [2.05, 4.69) is 14.6 Å². The number of nitrogens with two attached hydrogens (primary N) is 1. The van der Waals surface area contributed by atoms with E-state index in [0.717, 1.165) is 25.2 Å². The molecule has 17 heavy (non-hydrogen) atoms. The van der Waals surface area contributed by atoms with Gasteiger partial charge in [-0.3, -0.25) is 4.68 Å². The number of hydrogen-bond acceptors (Lipinski definition) is 3. The molecule has 2 rings (SSSR count). The Balaban J connectivity index is 1.93. The van der Waals surface area contributed by atoms with Gasteiger partial charge in [-0.05, 0) is 26.3 Å². The molecule has 0 amide bonds. The van der Waals surface area contributed by atoms with E-state index in [1.54, 1.807) is 6.20 Å². The molecule has 5 nitrogen and oxygen atoms in total. The average molecular weight is 233 g/mol. The molecule has 2 aromatic rings. The molecule has 0 aromatic carbocycles. The van der Waals surface area contributed by atoms with Crippen LogP contribution in [0.15, 0.2) is 31.0 Å². The predicted molar refractivity (Wildman–Crippen MR) is 66.3 cm³/mol. The topological polar surface area (TPSA) is 61.7 Å². The molecule has 0 aliphatic rings. The largest absolute Gasteiger partial charge is 0.333 e. The third-order valence-electron chi connectivity index (χ3n) is 2.72. The molecule has 0 saturated heterocycles. The van der Waals surface area contributed by atoms with Crippen LogP contribution in [0, 0.1) is 0 Å². The Morgan fingerprint density at radius 2 is 2.18 bits per heavy atom. The molecule has 2 aromatic heterocycles. The molecule has 0 fully saturated rings. The van der Waals surface area contributed by atoms with Gasteiger partial charge >= 0.3 is 0 Å². The molecule has 5 heteroatoms. The zero-order valence-electron chi connectivity index (χ0n) is 10.4. The molecule has 2 heterocycles. The molecular weight excluding hydrogens is 214 g/mol. The lowest BCUT2D eigenvalue weighted by Crippen LogP contribution is -2.31. The van der Waals surface area contributed by atoms with Crippen LogP contribution in [0.4, 0.5) is 0 Å². The summed E-state index contributed by atoms with van der Waals surface area (Å²) in [4.78, 5) is 4.16. The van der Waals surface area contributed by atoms with Gasteiger partial charge in [-0.15, -0.1) is 0 Å². The van der Waals surface area contributed by atoms with Gasteiger partial charge in [-0.2, -0.15) is 5.10 Å². The normalized spacial score (nSPS) is 11.9. The number of rotatable bonds is 5. The molecular formula is C12H19N5. The van der Waals surface area contributed by atoms with Crippen LogP contribution in [0.5, 0.6) is 0 Å². The van der Waals surface area contributed by atoms with Crippen molar-refractivity contribution in [3.63, 3.8) is 0 Å². The summed E-state index contributed by atoms with van der Waals surface area (Å²) >= 11 is 0. The van der Waals surface area contributed by atoms with Gasteiger partial charge in [0.25, 0.3) is 0 Å². The van der Waals surface area contributed by atoms with Crippen molar-refractivity contribution >= 4 is 0 Å². The van der Waals surface area contributed by atoms with Gasteiger partial charge < -0.3 is 10.3 Å². The van der Waals surface area contributed by atoms with Crippen LogP contribution in [-0.2, 0) is 18.6 Å². The standard InChI is InChI=1S/C12H19N5/c1-12(2,13)11-9-14-10-16(11)6-4-8-17-7-3-5-15-17/h3,5,7,9-10H,4,6,8,13H2,1-2H3. The Morgan fingerprint density at radius 1 is 1.35 bits per heavy atom. The van der Waals surface area contributed by atoms with E-state index in [1.807, 2.05) is 43.3 Å². The summed E-state index contributed by atoms with van der Waals surface area (Å²) in [6.07, 6.45) is 8.47. The third-order valence-corrected chi connectivity index (χ3v) is 2.72. The second kappa shape index (κ2) is 4.71. The maximum absolute atomic E-state index is 6.09. The summed E-state index contributed by atoms with van der Waals surface area (Å²) in [6, 6.07) is 1.94. The third kappa shape index (κ3) is 2.94. The SMILES string of the molecule is CC(C)(N)c1cncn1CCCn1cccn1. The minimum absolute atomic E-state index is 0.345. The minimum atomic E-state index is -0.345. The zero-order chi connectivity index (χ0) is 12.3. The fraction of sp³-hybridized carbons (Fsp3) is 0.500. The summed E-state index contributed by atoms with van der Waals surface area (Å²) in [5.74, 6) is 0. The lowest BCUT2D eigenvalue weighted by atomic mass is 10.0. The van der Waals surface area contributed by atoms with Gasteiger partial charge in [-0.25, -0.2) is 4.98 Å². The van der Waals surface area contributed by atoms with Crippen molar-refractivity contribution in [2.45, 2.75) is 38.9 Å². The van der Waals surface area contributed by atoms with E-state index in [1.165, 1.54) is 0 Å². The van der Waals surface area contributed by atoms with Crippen molar-refractivity contribution < 1.29 is 0 Å². The minimum Gasteiger partial charge on any atom is -0.333 e. The van der Waals surface area contributed by atoms with Crippen molar-refractivity contribution in [1.29, 1.82) is 0 Å². The van der Waals surface area contributed by atoms with Gasteiger partial charge in [-0.1, -0.05) is 0 Å². The first-order chi connectivity index (χ1) is 8.07. The van der Waals surface area contributed by atoms with E-state index in [0.29, 0.717) is 0 Å². The molecule has 2 N–H and O–H groups in total. The first-order valence-corrected chi connectivity index (χ1v) is 5.84. The van der Waals surface area contributed by atoms with Crippen molar-refractivity contribution in [3.05, 3.63) is 36.7 Å². The molecule has 0 aliphatic carbocycles. The first kappa shape index (κ1) is 11.9. The number of aromatic nitrogens is 4. The van der Waals surface area contributed by atoms with Crippen LogP contribution in [0.1, 0.15) is 26.0 Å². The van der Waals surface area contributed by atoms with Crippen molar-refractivity contribution in [3.8, 4) is 0 Å². The van der Waals surface area contributed by atoms with E-state index in [-0.39, 0.29) is 5.54 Å². The van der Waals surface area contributed by atoms with Gasteiger partial charge in [0.05, 0.1) is 17.6 Å². The van der Waals surface area contributed by atoms with E-state index in [4.69, 9.17) is 5.73 Å². The van der Waals surface area contributed by atoms with Crippen LogP contribution in [-0.4, -0.2) is 19.3 Å². The van der Waals surface area contributed by atoms with Crippen LogP contribution in [0.2, 0.25) is 0 Å². The van der Waals surface area contributed by atoms with Gasteiger partial charge in [0.15, 0.2) is 0 Å². The summed E-state index contributed by atoms with van der Waals surface area (Å²) < 4.78 is 4.05. The van der Waals surface area contributed by atoms with Crippen molar-refractivity contribution in [1.82, 2.24) is 19.3 Å². The Labute approximate surface area is 101 Å². The highest BCUT2D eigenvalue weighted by Gasteiger charge is 2.18. The highest BCUT2D eigenvalue weighted by molar-refractivity contribution is 5.09. The van der Waals surface area contributed by atoms with Crippen LogP contribution < -0.4 is 5.73 Å². The average Bonchev–Trinajstić information content (AvgIpc) is 2.86. The van der Waals surface area contributed by atoms with Crippen LogP contribution >= 0.6 is 0 Å². The molecule has 0 radical (unpaired) electrons. The summed E-state index contributed by atoms with van der Waals surface area (Å²) in [6.45, 7) is 5.81. The molecule has 0 unspecified atom stereocenters. The van der Waals surface area contributed by atoms with Gasteiger partial charge in [0.2, 0.25) is 0 Å². The fourth-order valence-electron chi connectivity index (χ4n) is 1.87. The number of nitrogens with zero attached hydrogens (tertiary/aromatic N) is 4. The van der Waals surface area contributed by atoms with Crippen LogP contribution in [0.25, 0.3) is 0 Å². The smallest absolute Gasteiger partial charge is 0.0948 e. The quantitative estimate of drug-likeness (QED) is 0.848. The molecule has 0 saturated carbocycles. The number of aryl methyl sites for hydroxylation is 2. The van der Waals surface area contributed by atoms with Gasteiger partial charge in [0, 0.05) is 31.7 Å². The summed E-state index contributed by atoms with van der Waals surface area (Å²) in [5, 5.41) is 4.17. The molecule has 0 bridgehead atoms. The van der Waals surface area contributed by atoms with E-state index < -0.39 is 0 Å². The Hall–Kier alpha value is -1.62. The molecule has 92 valence electrons. The predicted octanol–water partition coefficient (Wildman–Crippen LogP) is 1.36. The summed E-state index contributed by atoms with van der Waals surface area (Å²) in [7, 11) is 0. The fourth-order valence-corrected chi connectivity index (χ4v) is 1.87. The maximum Gasteiger partial charge on any atom is 0.0948 e. The molecule has 0 spiro atoms. The maximum atomic E-state index is 6.09. The number of hydrogen-bond donors (Lipinski definition) is 1. The zero-order valence-corrected chi connectivity index (χ0v) is 10.4. The van der Waals surface area contributed by atoms with Gasteiger partial charge in [0.1, 0.15) is 0 Å². The Bertz CT molecular complexity index is 449. The highest BCUT2D eigenvalue weighted by Crippen LogP contribution is 2.16. The van der Waals surface area contributed by atoms with Crippen LogP contribution in [0.3, 0.4) is 0 Å². The second-order valence-corrected chi connectivity index (χ2v) is 4.82. The molecule has 0 aliphatic heterocycles. The lowest BCUT2D eigenvalue weighted by molar-refractivity contribution is 0.465. The van der Waals surface area contributed by atoms with Crippen molar-refractivity contribution in [2.75, 3.05) is 0 Å². The molecule has 0 atom stereocenters. The summed E-state index contributed by atoms with van der Waals surface area (Å²) in [5.41, 5.74) is 6.81. The van der Waals surface area contributed by atoms with Crippen molar-refractivity contribution in [2.24, 2.45) is 5.73 Å². The van der Waals surface area contributed by atoms with E-state index >= 15 is 0 Å². The monoisotopic (exact) mass is 233 g/mol. The second-order valence-electron chi connectivity index (χ2n) is 4.82. The number of imidazole rings is 1. The lowest BCUT2D eigenvalue weighted by Gasteiger charge is -2.20. The first-order valence-electron chi connectivity index (χ1n) is 5.84.